The minimum atomic E-state index is -0.232. The summed E-state index contributed by atoms with van der Waals surface area (Å²) in [6.45, 7) is 6.79. The van der Waals surface area contributed by atoms with Crippen LogP contribution in [0.5, 0.6) is 5.75 Å². The molecule has 2 fully saturated rings. The topological polar surface area (TPSA) is 27.7 Å². The van der Waals surface area contributed by atoms with Gasteiger partial charge in [0.15, 0.2) is 6.29 Å². The van der Waals surface area contributed by atoms with Crippen LogP contribution in [0.2, 0.25) is 0 Å². The third-order valence-corrected chi connectivity index (χ3v) is 6.68. The number of unbranched alkanes of at least 4 members (excludes halogenated alkanes) is 2. The zero-order chi connectivity index (χ0) is 21.0. The molecule has 0 radical (unpaired) electrons. The Morgan fingerprint density at radius 1 is 0.867 bits per heavy atom. The molecule has 1 heterocycles. The predicted molar refractivity (Wildman–Crippen MR) is 124 cm³/mol. The molecule has 168 valence electrons. The number of rotatable bonds is 11. The molecule has 0 aromatic heterocycles. The third-order valence-electron chi connectivity index (χ3n) is 6.68. The summed E-state index contributed by atoms with van der Waals surface area (Å²) in [4.78, 5) is 0. The average Bonchev–Trinajstić information content (AvgIpc) is 2.79. The minimum absolute atomic E-state index is 0.232. The van der Waals surface area contributed by atoms with Crippen molar-refractivity contribution >= 4 is 0 Å². The van der Waals surface area contributed by atoms with Crippen LogP contribution in [0.1, 0.15) is 89.9 Å². The van der Waals surface area contributed by atoms with Crippen LogP contribution in [-0.4, -0.2) is 19.8 Å². The van der Waals surface area contributed by atoms with Gasteiger partial charge < -0.3 is 14.2 Å². The maximum Gasteiger partial charge on any atom is 0.183 e. The molecule has 0 unspecified atom stereocenters. The van der Waals surface area contributed by atoms with Crippen LogP contribution < -0.4 is 4.74 Å². The second-order valence-electron chi connectivity index (χ2n) is 9.24. The summed E-state index contributed by atoms with van der Waals surface area (Å²) in [5, 5.41) is 0. The first-order chi connectivity index (χ1) is 14.8. The Morgan fingerprint density at radius 2 is 1.60 bits per heavy atom. The van der Waals surface area contributed by atoms with Gasteiger partial charge in [0.25, 0.3) is 0 Å². The van der Waals surface area contributed by atoms with Gasteiger partial charge in [-0.3, -0.25) is 0 Å². The molecule has 1 aromatic rings. The van der Waals surface area contributed by atoms with Crippen molar-refractivity contribution in [2.24, 2.45) is 17.8 Å². The second-order valence-corrected chi connectivity index (χ2v) is 9.24. The lowest BCUT2D eigenvalue weighted by molar-refractivity contribution is -0.206. The van der Waals surface area contributed by atoms with Crippen molar-refractivity contribution in [3.63, 3.8) is 0 Å². The van der Waals surface area contributed by atoms with Crippen molar-refractivity contribution in [2.75, 3.05) is 19.8 Å². The van der Waals surface area contributed by atoms with Gasteiger partial charge in [0.2, 0.25) is 0 Å². The fourth-order valence-electron chi connectivity index (χ4n) is 4.78. The highest BCUT2D eigenvalue weighted by molar-refractivity contribution is 5.28. The molecule has 0 amide bonds. The average molecular weight is 415 g/mol. The van der Waals surface area contributed by atoms with Crippen molar-refractivity contribution in [3.05, 3.63) is 42.0 Å². The first-order valence-electron chi connectivity index (χ1n) is 12.4. The standard InChI is InChI=1S/C27H42O3/c1-3-5-6-9-24-20-29-27(30-21-24)25-15-17-26(18-16-25)28-19-7-10-23-13-11-22(8-4-2)12-14-23/h7,10,15-18,22-24,27H,3-6,8-9,11-14,19-21H2,1-2H3/b10-7+. The van der Waals surface area contributed by atoms with Crippen LogP contribution in [-0.2, 0) is 9.47 Å². The third kappa shape index (κ3) is 7.74. The molecule has 3 nitrogen and oxygen atoms in total. The van der Waals surface area contributed by atoms with E-state index in [0.717, 1.165) is 36.4 Å². The lowest BCUT2D eigenvalue weighted by Gasteiger charge is -2.29. The molecule has 0 spiro atoms. The largest absolute Gasteiger partial charge is 0.490 e. The molecule has 1 aliphatic heterocycles. The van der Waals surface area contributed by atoms with Crippen LogP contribution in [0.25, 0.3) is 0 Å². The van der Waals surface area contributed by atoms with Gasteiger partial charge >= 0.3 is 0 Å². The quantitative estimate of drug-likeness (QED) is 0.278. The summed E-state index contributed by atoms with van der Waals surface area (Å²) in [7, 11) is 0. The van der Waals surface area contributed by atoms with Crippen LogP contribution in [0.15, 0.2) is 36.4 Å². The zero-order valence-electron chi connectivity index (χ0n) is 19.2. The zero-order valence-corrected chi connectivity index (χ0v) is 19.2. The van der Waals surface area contributed by atoms with Gasteiger partial charge in [0.1, 0.15) is 12.4 Å². The Bertz CT molecular complexity index is 593. The Hall–Kier alpha value is -1.32. The lowest BCUT2D eigenvalue weighted by Crippen LogP contribution is -2.27. The smallest absolute Gasteiger partial charge is 0.183 e. The molecule has 3 heteroatoms. The van der Waals surface area contributed by atoms with Gasteiger partial charge in [0, 0.05) is 11.5 Å². The van der Waals surface area contributed by atoms with Crippen molar-refractivity contribution in [3.8, 4) is 5.75 Å². The number of allylic oxidation sites excluding steroid dienone is 1. The Balaban J connectivity index is 1.33. The van der Waals surface area contributed by atoms with E-state index in [0.29, 0.717) is 12.5 Å². The van der Waals surface area contributed by atoms with E-state index in [9.17, 15) is 0 Å². The van der Waals surface area contributed by atoms with Crippen molar-refractivity contribution in [2.45, 2.75) is 84.3 Å². The summed E-state index contributed by atoms with van der Waals surface area (Å²) in [6, 6.07) is 8.19. The van der Waals surface area contributed by atoms with Gasteiger partial charge in [-0.2, -0.15) is 0 Å². The van der Waals surface area contributed by atoms with Crippen LogP contribution >= 0.6 is 0 Å². The van der Waals surface area contributed by atoms with E-state index < -0.39 is 0 Å². The highest BCUT2D eigenvalue weighted by Gasteiger charge is 2.23. The maximum atomic E-state index is 5.96. The molecule has 1 saturated heterocycles. The molecule has 0 bridgehead atoms. The molecule has 1 aromatic carbocycles. The summed E-state index contributed by atoms with van der Waals surface area (Å²) < 4.78 is 17.8. The number of hydrogen-bond donors (Lipinski definition) is 0. The number of hydrogen-bond acceptors (Lipinski definition) is 3. The van der Waals surface area contributed by atoms with E-state index in [1.807, 2.05) is 12.1 Å². The van der Waals surface area contributed by atoms with E-state index in [4.69, 9.17) is 14.2 Å². The summed E-state index contributed by atoms with van der Waals surface area (Å²) in [5.74, 6) is 3.17. The SMILES string of the molecule is CCCCCC1COC(c2ccc(OC/C=C/C3CCC(CCC)CC3)cc2)OC1. The second kappa shape index (κ2) is 13.2. The summed E-state index contributed by atoms with van der Waals surface area (Å²) in [5.41, 5.74) is 1.08. The molecule has 30 heavy (non-hydrogen) atoms. The van der Waals surface area contributed by atoms with E-state index >= 15 is 0 Å². The van der Waals surface area contributed by atoms with Crippen molar-refractivity contribution in [1.29, 1.82) is 0 Å². The van der Waals surface area contributed by atoms with Gasteiger partial charge in [0.05, 0.1) is 13.2 Å². The fourth-order valence-corrected chi connectivity index (χ4v) is 4.78. The van der Waals surface area contributed by atoms with Gasteiger partial charge in [-0.05, 0) is 56.1 Å². The van der Waals surface area contributed by atoms with Crippen LogP contribution in [0.3, 0.4) is 0 Å². The molecular formula is C27H42O3. The summed E-state index contributed by atoms with van der Waals surface area (Å²) >= 11 is 0. The monoisotopic (exact) mass is 414 g/mol. The van der Waals surface area contributed by atoms with Gasteiger partial charge in [-0.1, -0.05) is 70.2 Å². The first-order valence-corrected chi connectivity index (χ1v) is 12.4. The van der Waals surface area contributed by atoms with E-state index in [1.165, 1.54) is 64.2 Å². The molecule has 1 aliphatic carbocycles. The fraction of sp³-hybridized carbons (Fsp3) is 0.704. The van der Waals surface area contributed by atoms with E-state index in [1.54, 1.807) is 0 Å². The normalized spacial score (nSPS) is 27.4. The van der Waals surface area contributed by atoms with Gasteiger partial charge in [-0.25, -0.2) is 0 Å². The number of benzene rings is 1. The molecule has 0 N–H and O–H groups in total. The first kappa shape index (κ1) is 23.3. The van der Waals surface area contributed by atoms with E-state index in [2.05, 4.69) is 38.1 Å². The highest BCUT2D eigenvalue weighted by Crippen LogP contribution is 2.32. The highest BCUT2D eigenvalue weighted by atomic mass is 16.7. The Kier molecular flexibility index (Phi) is 10.2. The Labute approximate surface area is 184 Å². The molecule has 3 rings (SSSR count). The minimum Gasteiger partial charge on any atom is -0.490 e. The van der Waals surface area contributed by atoms with Crippen molar-refractivity contribution in [1.82, 2.24) is 0 Å². The van der Waals surface area contributed by atoms with Crippen LogP contribution in [0, 0.1) is 17.8 Å². The molecular weight excluding hydrogens is 372 g/mol. The van der Waals surface area contributed by atoms with Crippen molar-refractivity contribution < 1.29 is 14.2 Å². The molecule has 2 aliphatic rings. The molecule has 1 saturated carbocycles. The maximum absolute atomic E-state index is 5.96. The number of ether oxygens (including phenoxy) is 3. The Morgan fingerprint density at radius 3 is 2.27 bits per heavy atom. The summed E-state index contributed by atoms with van der Waals surface area (Å²) in [6.07, 6.45) is 17.6. The van der Waals surface area contributed by atoms with Crippen LogP contribution in [0.4, 0.5) is 0 Å². The lowest BCUT2D eigenvalue weighted by atomic mass is 9.80. The predicted octanol–water partition coefficient (Wildman–Crippen LogP) is 7.47. The van der Waals surface area contributed by atoms with E-state index in [-0.39, 0.29) is 6.29 Å². The molecule has 0 atom stereocenters. The van der Waals surface area contributed by atoms with Gasteiger partial charge in [-0.15, -0.1) is 0 Å².